The van der Waals surface area contributed by atoms with Gasteiger partial charge < -0.3 is 9.64 Å². The number of hydrogen-bond donors (Lipinski definition) is 0. The molecule has 0 aliphatic rings. The van der Waals surface area contributed by atoms with Crippen molar-refractivity contribution in [3.8, 4) is 5.75 Å². The molecule has 0 spiro atoms. The van der Waals surface area contributed by atoms with Gasteiger partial charge in [-0.05, 0) is 30.2 Å². The molecule has 0 heterocycles. The fraction of sp³-hybridized carbons (Fsp3) is 0.417. The molecule has 0 atom stereocenters. The van der Waals surface area contributed by atoms with Gasteiger partial charge in [-0.2, -0.15) is 0 Å². The molecule has 1 aromatic carbocycles. The Morgan fingerprint density at radius 2 is 2.24 bits per heavy atom. The van der Waals surface area contributed by atoms with Gasteiger partial charge in [0, 0.05) is 13.6 Å². The summed E-state index contributed by atoms with van der Waals surface area (Å²) in [4.78, 5) is 12.8. The standard InChI is InChI=1S/C12H15ClFNO2/c1-15(12(16)8-13)6-5-9-7-10(14)3-4-11(9)17-2/h3-4,7H,5-6,8H2,1-2H3. The highest BCUT2D eigenvalue weighted by molar-refractivity contribution is 6.27. The molecule has 17 heavy (non-hydrogen) atoms. The van der Waals surface area contributed by atoms with Crippen molar-refractivity contribution in [1.82, 2.24) is 4.90 Å². The second-order valence-electron chi connectivity index (χ2n) is 3.66. The van der Waals surface area contributed by atoms with Crippen molar-refractivity contribution in [2.75, 3.05) is 26.6 Å². The number of rotatable bonds is 5. The summed E-state index contributed by atoms with van der Waals surface area (Å²) in [6, 6.07) is 4.34. The monoisotopic (exact) mass is 259 g/mol. The molecular formula is C12H15ClFNO2. The molecule has 0 radical (unpaired) electrons. The molecule has 0 saturated heterocycles. The number of carbonyl (C=O) groups is 1. The average molecular weight is 260 g/mol. The molecule has 0 aliphatic heterocycles. The van der Waals surface area contributed by atoms with Crippen LogP contribution in [0.15, 0.2) is 18.2 Å². The Bertz CT molecular complexity index is 398. The van der Waals surface area contributed by atoms with Gasteiger partial charge in [0.2, 0.25) is 5.91 Å². The van der Waals surface area contributed by atoms with Crippen molar-refractivity contribution in [2.45, 2.75) is 6.42 Å². The van der Waals surface area contributed by atoms with E-state index in [0.29, 0.717) is 18.7 Å². The summed E-state index contributed by atoms with van der Waals surface area (Å²) < 4.78 is 18.2. The number of nitrogens with zero attached hydrogens (tertiary/aromatic N) is 1. The zero-order valence-corrected chi connectivity index (χ0v) is 10.6. The van der Waals surface area contributed by atoms with Gasteiger partial charge in [-0.1, -0.05) is 0 Å². The van der Waals surface area contributed by atoms with Gasteiger partial charge in [0.05, 0.1) is 7.11 Å². The van der Waals surface area contributed by atoms with Crippen molar-refractivity contribution in [3.05, 3.63) is 29.6 Å². The first-order chi connectivity index (χ1) is 8.08. The Morgan fingerprint density at radius 3 is 2.82 bits per heavy atom. The first-order valence-electron chi connectivity index (χ1n) is 5.20. The van der Waals surface area contributed by atoms with E-state index in [2.05, 4.69) is 0 Å². The summed E-state index contributed by atoms with van der Waals surface area (Å²) >= 11 is 5.44. The van der Waals surface area contributed by atoms with E-state index in [1.54, 1.807) is 13.1 Å². The molecule has 1 aromatic rings. The Hall–Kier alpha value is -1.29. The number of benzene rings is 1. The van der Waals surface area contributed by atoms with Gasteiger partial charge in [-0.25, -0.2) is 4.39 Å². The van der Waals surface area contributed by atoms with Gasteiger partial charge in [0.25, 0.3) is 0 Å². The smallest absolute Gasteiger partial charge is 0.237 e. The van der Waals surface area contributed by atoms with E-state index in [0.717, 1.165) is 5.56 Å². The van der Waals surface area contributed by atoms with E-state index in [-0.39, 0.29) is 17.6 Å². The van der Waals surface area contributed by atoms with Crippen LogP contribution in [0.5, 0.6) is 5.75 Å². The maximum atomic E-state index is 13.1. The van der Waals surface area contributed by atoms with Crippen LogP contribution in [-0.2, 0) is 11.2 Å². The lowest BCUT2D eigenvalue weighted by Gasteiger charge is -2.16. The van der Waals surface area contributed by atoms with Gasteiger partial charge in [-0.15, -0.1) is 11.6 Å². The third kappa shape index (κ3) is 3.89. The van der Waals surface area contributed by atoms with E-state index in [1.807, 2.05) is 0 Å². The number of carbonyl (C=O) groups excluding carboxylic acids is 1. The predicted molar refractivity (Wildman–Crippen MR) is 65.0 cm³/mol. The number of hydrogen-bond acceptors (Lipinski definition) is 2. The number of alkyl halides is 1. The van der Waals surface area contributed by atoms with E-state index in [4.69, 9.17) is 16.3 Å². The van der Waals surface area contributed by atoms with E-state index in [1.165, 1.54) is 24.1 Å². The van der Waals surface area contributed by atoms with Crippen LogP contribution in [-0.4, -0.2) is 37.4 Å². The number of methoxy groups -OCH3 is 1. The van der Waals surface area contributed by atoms with Crippen LogP contribution in [0.2, 0.25) is 0 Å². The normalized spacial score (nSPS) is 10.1. The molecule has 0 N–H and O–H groups in total. The SMILES string of the molecule is COc1ccc(F)cc1CCN(C)C(=O)CCl. The third-order valence-corrected chi connectivity index (χ3v) is 2.73. The fourth-order valence-corrected chi connectivity index (χ4v) is 1.66. The first kappa shape index (κ1) is 13.8. The molecule has 94 valence electrons. The lowest BCUT2D eigenvalue weighted by atomic mass is 10.1. The number of ether oxygens (including phenoxy) is 1. The minimum Gasteiger partial charge on any atom is -0.496 e. The van der Waals surface area contributed by atoms with Crippen LogP contribution in [0.1, 0.15) is 5.56 Å². The molecule has 3 nitrogen and oxygen atoms in total. The summed E-state index contributed by atoms with van der Waals surface area (Å²) in [7, 11) is 3.20. The van der Waals surface area contributed by atoms with E-state index in [9.17, 15) is 9.18 Å². The van der Waals surface area contributed by atoms with Gasteiger partial charge in [0.1, 0.15) is 17.4 Å². The summed E-state index contributed by atoms with van der Waals surface area (Å²) in [6.45, 7) is 0.478. The van der Waals surface area contributed by atoms with Crippen LogP contribution in [0, 0.1) is 5.82 Å². The molecule has 5 heteroatoms. The lowest BCUT2D eigenvalue weighted by Crippen LogP contribution is -2.29. The molecule has 0 aliphatic carbocycles. The highest BCUT2D eigenvalue weighted by Gasteiger charge is 2.09. The van der Waals surface area contributed by atoms with Crippen molar-refractivity contribution >= 4 is 17.5 Å². The van der Waals surface area contributed by atoms with Gasteiger partial charge in [0.15, 0.2) is 0 Å². The second kappa shape index (κ2) is 6.45. The molecule has 0 fully saturated rings. The predicted octanol–water partition coefficient (Wildman–Crippen LogP) is 2.07. The number of halogens is 2. The molecule has 0 aromatic heterocycles. The highest BCUT2D eigenvalue weighted by atomic mass is 35.5. The summed E-state index contributed by atoms with van der Waals surface area (Å²) in [6.07, 6.45) is 0.528. The third-order valence-electron chi connectivity index (χ3n) is 2.50. The van der Waals surface area contributed by atoms with Crippen molar-refractivity contribution in [1.29, 1.82) is 0 Å². The molecule has 0 bridgehead atoms. The van der Waals surface area contributed by atoms with E-state index < -0.39 is 0 Å². The minimum atomic E-state index is -0.313. The van der Waals surface area contributed by atoms with Gasteiger partial charge in [-0.3, -0.25) is 4.79 Å². The van der Waals surface area contributed by atoms with Crippen LogP contribution < -0.4 is 4.74 Å². The van der Waals surface area contributed by atoms with Crippen LogP contribution in [0.25, 0.3) is 0 Å². The Balaban J connectivity index is 2.68. The van der Waals surface area contributed by atoms with Gasteiger partial charge >= 0.3 is 0 Å². The fourth-order valence-electron chi connectivity index (χ4n) is 1.46. The Kier molecular flexibility index (Phi) is 5.22. The van der Waals surface area contributed by atoms with Crippen LogP contribution >= 0.6 is 11.6 Å². The molecule has 1 rings (SSSR count). The van der Waals surface area contributed by atoms with Crippen molar-refractivity contribution in [2.24, 2.45) is 0 Å². The van der Waals surface area contributed by atoms with Crippen molar-refractivity contribution in [3.63, 3.8) is 0 Å². The second-order valence-corrected chi connectivity index (χ2v) is 3.92. The summed E-state index contributed by atoms with van der Waals surface area (Å²) in [5, 5.41) is 0. The summed E-state index contributed by atoms with van der Waals surface area (Å²) in [5.41, 5.74) is 0.738. The highest BCUT2D eigenvalue weighted by Crippen LogP contribution is 2.19. The topological polar surface area (TPSA) is 29.5 Å². The Labute approximate surface area is 105 Å². The van der Waals surface area contributed by atoms with E-state index >= 15 is 0 Å². The average Bonchev–Trinajstić information content (AvgIpc) is 2.35. The zero-order valence-electron chi connectivity index (χ0n) is 9.87. The minimum absolute atomic E-state index is 0.0449. The molecule has 0 unspecified atom stereocenters. The largest absolute Gasteiger partial charge is 0.496 e. The zero-order chi connectivity index (χ0) is 12.8. The molecular weight excluding hydrogens is 245 g/mol. The molecule has 0 saturated carbocycles. The number of amides is 1. The summed E-state index contributed by atoms with van der Waals surface area (Å²) in [5.74, 6) is 0.115. The maximum Gasteiger partial charge on any atom is 0.237 e. The lowest BCUT2D eigenvalue weighted by molar-refractivity contribution is -0.127. The number of likely N-dealkylation sites (N-methyl/N-ethyl adjacent to an activating group) is 1. The maximum absolute atomic E-state index is 13.1. The van der Waals surface area contributed by atoms with Crippen LogP contribution in [0.3, 0.4) is 0 Å². The Morgan fingerprint density at radius 1 is 1.53 bits per heavy atom. The van der Waals surface area contributed by atoms with Crippen LogP contribution in [0.4, 0.5) is 4.39 Å². The van der Waals surface area contributed by atoms with Crippen molar-refractivity contribution < 1.29 is 13.9 Å². The first-order valence-corrected chi connectivity index (χ1v) is 5.74. The quantitative estimate of drug-likeness (QED) is 0.758. The molecule has 1 amide bonds.